The standard InChI is InChI=1S/C12H12ClF2N5O/c1-6-5-16-9(13)3-7(6)17-12(21)18-10-4-8(11(14)15)20(2)19-10/h3-5,11H,1-2H3,(H2,16,17,18,19,21). The molecular weight excluding hydrogens is 304 g/mol. The van der Waals surface area contributed by atoms with E-state index in [1.165, 1.54) is 19.3 Å². The van der Waals surface area contributed by atoms with Crippen LogP contribution < -0.4 is 10.6 Å². The highest BCUT2D eigenvalue weighted by atomic mass is 35.5. The number of amides is 2. The predicted octanol–water partition coefficient (Wildman–Crippen LogP) is 3.36. The molecular formula is C12H12ClF2N5O. The fourth-order valence-electron chi connectivity index (χ4n) is 1.65. The quantitative estimate of drug-likeness (QED) is 0.853. The highest BCUT2D eigenvalue weighted by Crippen LogP contribution is 2.21. The number of rotatable bonds is 3. The van der Waals surface area contributed by atoms with E-state index in [0.29, 0.717) is 11.3 Å². The lowest BCUT2D eigenvalue weighted by Gasteiger charge is -2.08. The molecule has 21 heavy (non-hydrogen) atoms. The molecule has 2 heterocycles. The van der Waals surface area contributed by atoms with E-state index in [0.717, 1.165) is 10.7 Å². The normalized spacial score (nSPS) is 10.8. The highest BCUT2D eigenvalue weighted by molar-refractivity contribution is 6.29. The largest absolute Gasteiger partial charge is 0.324 e. The van der Waals surface area contributed by atoms with Gasteiger partial charge in [0.25, 0.3) is 6.43 Å². The Kier molecular flexibility index (Phi) is 4.37. The number of carbonyl (C=O) groups excluding carboxylic acids is 1. The van der Waals surface area contributed by atoms with E-state index in [9.17, 15) is 13.6 Å². The summed E-state index contributed by atoms with van der Waals surface area (Å²) in [6.07, 6.45) is -1.16. The first kappa shape index (κ1) is 15.2. The number of aryl methyl sites for hydroxylation is 2. The highest BCUT2D eigenvalue weighted by Gasteiger charge is 2.16. The van der Waals surface area contributed by atoms with Gasteiger partial charge in [-0.2, -0.15) is 5.10 Å². The van der Waals surface area contributed by atoms with Crippen LogP contribution >= 0.6 is 11.6 Å². The Hall–Kier alpha value is -2.22. The molecule has 2 amide bonds. The van der Waals surface area contributed by atoms with Crippen molar-refractivity contribution in [1.82, 2.24) is 14.8 Å². The number of halogens is 3. The number of anilines is 2. The van der Waals surface area contributed by atoms with Gasteiger partial charge >= 0.3 is 6.03 Å². The number of hydrogen-bond donors (Lipinski definition) is 2. The second-order valence-electron chi connectivity index (χ2n) is 4.28. The Morgan fingerprint density at radius 3 is 2.71 bits per heavy atom. The molecule has 0 saturated carbocycles. The van der Waals surface area contributed by atoms with Gasteiger partial charge in [0.1, 0.15) is 10.8 Å². The van der Waals surface area contributed by atoms with Crippen molar-refractivity contribution in [3.8, 4) is 0 Å². The minimum atomic E-state index is -2.66. The molecule has 0 aromatic carbocycles. The van der Waals surface area contributed by atoms with Gasteiger partial charge in [-0.25, -0.2) is 18.6 Å². The number of alkyl halides is 2. The number of carbonyl (C=O) groups is 1. The van der Waals surface area contributed by atoms with Crippen LogP contribution in [0.1, 0.15) is 17.7 Å². The molecule has 0 aliphatic carbocycles. The maximum atomic E-state index is 12.6. The Bertz CT molecular complexity index is 674. The number of pyridine rings is 1. The molecule has 0 atom stereocenters. The van der Waals surface area contributed by atoms with Crippen molar-refractivity contribution in [2.45, 2.75) is 13.3 Å². The molecule has 0 bridgehead atoms. The van der Waals surface area contributed by atoms with Crippen molar-refractivity contribution in [2.24, 2.45) is 7.05 Å². The van der Waals surface area contributed by atoms with E-state index in [1.54, 1.807) is 6.92 Å². The number of hydrogen-bond acceptors (Lipinski definition) is 3. The minimum absolute atomic E-state index is 0.0307. The van der Waals surface area contributed by atoms with Crippen LogP contribution in [0.3, 0.4) is 0 Å². The number of urea groups is 1. The molecule has 0 unspecified atom stereocenters. The first-order chi connectivity index (χ1) is 9.86. The van der Waals surface area contributed by atoms with Crippen LogP contribution in [0.2, 0.25) is 5.15 Å². The maximum Gasteiger partial charge on any atom is 0.324 e. The van der Waals surface area contributed by atoms with Crippen LogP contribution in [-0.2, 0) is 7.05 Å². The average Bonchev–Trinajstić information content (AvgIpc) is 2.74. The molecule has 2 aromatic rings. The van der Waals surface area contributed by atoms with E-state index in [2.05, 4.69) is 20.7 Å². The summed E-state index contributed by atoms with van der Waals surface area (Å²) in [6.45, 7) is 1.74. The second kappa shape index (κ2) is 6.04. The topological polar surface area (TPSA) is 71.8 Å². The van der Waals surface area contributed by atoms with Gasteiger partial charge in [0.2, 0.25) is 0 Å². The molecule has 0 aliphatic rings. The zero-order valence-electron chi connectivity index (χ0n) is 11.2. The zero-order valence-corrected chi connectivity index (χ0v) is 11.9. The fraction of sp³-hybridized carbons (Fsp3) is 0.250. The van der Waals surface area contributed by atoms with Gasteiger partial charge in [0.15, 0.2) is 5.82 Å². The molecule has 0 radical (unpaired) electrons. The molecule has 9 heteroatoms. The van der Waals surface area contributed by atoms with Gasteiger partial charge in [0, 0.05) is 25.0 Å². The molecule has 2 aromatic heterocycles. The molecule has 2 rings (SSSR count). The fourth-order valence-corrected chi connectivity index (χ4v) is 1.81. The van der Waals surface area contributed by atoms with E-state index >= 15 is 0 Å². The average molecular weight is 316 g/mol. The Morgan fingerprint density at radius 1 is 1.38 bits per heavy atom. The summed E-state index contributed by atoms with van der Waals surface area (Å²) in [5.41, 5.74) is 0.898. The summed E-state index contributed by atoms with van der Waals surface area (Å²) in [5, 5.41) is 8.93. The van der Waals surface area contributed by atoms with E-state index in [1.807, 2.05) is 0 Å². The van der Waals surface area contributed by atoms with Crippen LogP contribution in [-0.4, -0.2) is 20.8 Å². The number of nitrogens with zero attached hydrogens (tertiary/aromatic N) is 3. The molecule has 6 nitrogen and oxygen atoms in total. The Balaban J connectivity index is 2.08. The van der Waals surface area contributed by atoms with E-state index in [4.69, 9.17) is 11.6 Å². The summed E-state index contributed by atoms with van der Waals surface area (Å²) < 4.78 is 26.2. The molecule has 0 fully saturated rings. The Morgan fingerprint density at radius 2 is 2.10 bits per heavy atom. The lowest BCUT2D eigenvalue weighted by Crippen LogP contribution is -2.20. The molecule has 0 aliphatic heterocycles. The summed E-state index contributed by atoms with van der Waals surface area (Å²) in [5.74, 6) is 0.0307. The van der Waals surface area contributed by atoms with Gasteiger partial charge in [-0.3, -0.25) is 10.00 Å². The van der Waals surface area contributed by atoms with Gasteiger partial charge in [0.05, 0.1) is 0 Å². The first-order valence-corrected chi connectivity index (χ1v) is 6.27. The van der Waals surface area contributed by atoms with Gasteiger partial charge in [-0.1, -0.05) is 11.6 Å². The van der Waals surface area contributed by atoms with Crippen molar-refractivity contribution in [1.29, 1.82) is 0 Å². The third-order valence-corrected chi connectivity index (χ3v) is 2.91. The van der Waals surface area contributed by atoms with Crippen molar-refractivity contribution in [3.63, 3.8) is 0 Å². The van der Waals surface area contributed by atoms with Gasteiger partial charge in [-0.05, 0) is 18.6 Å². The van der Waals surface area contributed by atoms with Gasteiger partial charge in [-0.15, -0.1) is 0 Å². The van der Waals surface area contributed by atoms with Crippen LogP contribution in [0.4, 0.5) is 25.1 Å². The lowest BCUT2D eigenvalue weighted by molar-refractivity contribution is 0.141. The second-order valence-corrected chi connectivity index (χ2v) is 4.67. The van der Waals surface area contributed by atoms with Crippen LogP contribution in [0.25, 0.3) is 0 Å². The molecule has 0 saturated heterocycles. The maximum absolute atomic E-state index is 12.6. The molecule has 0 spiro atoms. The van der Waals surface area contributed by atoms with Crippen molar-refractivity contribution in [3.05, 3.63) is 34.7 Å². The third kappa shape index (κ3) is 3.66. The van der Waals surface area contributed by atoms with E-state index < -0.39 is 12.5 Å². The summed E-state index contributed by atoms with van der Waals surface area (Å²) >= 11 is 5.74. The third-order valence-electron chi connectivity index (χ3n) is 2.70. The molecule has 2 N–H and O–H groups in total. The summed E-state index contributed by atoms with van der Waals surface area (Å²) in [7, 11) is 1.37. The molecule has 112 valence electrons. The first-order valence-electron chi connectivity index (χ1n) is 5.89. The summed E-state index contributed by atoms with van der Waals surface area (Å²) in [6, 6.07) is 1.98. The number of aromatic nitrogens is 3. The van der Waals surface area contributed by atoms with Crippen LogP contribution in [0.15, 0.2) is 18.3 Å². The summed E-state index contributed by atoms with van der Waals surface area (Å²) in [4.78, 5) is 15.7. The zero-order chi connectivity index (χ0) is 15.6. The minimum Gasteiger partial charge on any atom is -0.307 e. The Labute approximate surface area is 124 Å². The van der Waals surface area contributed by atoms with Gasteiger partial charge < -0.3 is 5.32 Å². The smallest absolute Gasteiger partial charge is 0.307 e. The van der Waals surface area contributed by atoms with Crippen molar-refractivity contribution >= 4 is 29.1 Å². The van der Waals surface area contributed by atoms with E-state index in [-0.39, 0.29) is 16.7 Å². The van der Waals surface area contributed by atoms with Crippen LogP contribution in [0.5, 0.6) is 0 Å². The predicted molar refractivity (Wildman–Crippen MR) is 74.8 cm³/mol. The lowest BCUT2D eigenvalue weighted by atomic mass is 10.2. The van der Waals surface area contributed by atoms with Crippen molar-refractivity contribution in [2.75, 3.05) is 10.6 Å². The SMILES string of the molecule is Cc1cnc(Cl)cc1NC(=O)Nc1cc(C(F)F)n(C)n1. The van der Waals surface area contributed by atoms with Crippen molar-refractivity contribution < 1.29 is 13.6 Å². The monoisotopic (exact) mass is 315 g/mol. The number of nitrogens with one attached hydrogen (secondary N) is 2. The van der Waals surface area contributed by atoms with Crippen LogP contribution in [0, 0.1) is 6.92 Å².